The number of piperazine rings is 1. The lowest BCUT2D eigenvalue weighted by Gasteiger charge is -2.35. The Morgan fingerprint density at radius 1 is 1.14 bits per heavy atom. The molecule has 1 saturated heterocycles. The van der Waals surface area contributed by atoms with Gasteiger partial charge in [-0.15, -0.1) is 0 Å². The zero-order chi connectivity index (χ0) is 19.5. The maximum atomic E-state index is 12.5. The predicted molar refractivity (Wildman–Crippen MR) is 106 cm³/mol. The van der Waals surface area contributed by atoms with Gasteiger partial charge in [-0.2, -0.15) is 0 Å². The molecule has 8 nitrogen and oxygen atoms in total. The zero-order valence-corrected chi connectivity index (χ0v) is 16.3. The van der Waals surface area contributed by atoms with Gasteiger partial charge in [0, 0.05) is 45.1 Å². The Balaban J connectivity index is 1.19. The summed E-state index contributed by atoms with van der Waals surface area (Å²) in [5.41, 5.74) is 0. The van der Waals surface area contributed by atoms with Crippen LogP contribution in [0.25, 0.3) is 0 Å². The van der Waals surface area contributed by atoms with Crippen LogP contribution in [0.1, 0.15) is 19.8 Å². The topological polar surface area (TPSA) is 90.5 Å². The lowest BCUT2D eigenvalue weighted by atomic mass is 9.93. The van der Waals surface area contributed by atoms with E-state index in [0.717, 1.165) is 6.42 Å². The van der Waals surface area contributed by atoms with E-state index < -0.39 is 6.04 Å². The summed E-state index contributed by atoms with van der Waals surface area (Å²) in [4.78, 5) is 37.2. The van der Waals surface area contributed by atoms with Crippen molar-refractivity contribution in [2.24, 2.45) is 17.8 Å². The van der Waals surface area contributed by atoms with Crippen molar-refractivity contribution >= 4 is 17.9 Å². The number of rotatable bonds is 5. The van der Waals surface area contributed by atoms with Crippen molar-refractivity contribution in [2.75, 3.05) is 37.6 Å². The van der Waals surface area contributed by atoms with E-state index in [0.29, 0.717) is 56.4 Å². The number of carbonyl (C=O) groups excluding carboxylic acids is 2. The smallest absolute Gasteiger partial charge is 0.318 e. The Kier molecular flexibility index (Phi) is 5.45. The van der Waals surface area contributed by atoms with E-state index in [1.54, 1.807) is 30.3 Å². The molecule has 4 rings (SSSR count). The lowest BCUT2D eigenvalue weighted by Crippen LogP contribution is -2.55. The van der Waals surface area contributed by atoms with E-state index in [9.17, 15) is 9.59 Å². The van der Waals surface area contributed by atoms with Crippen LogP contribution in [-0.4, -0.2) is 65.6 Å². The summed E-state index contributed by atoms with van der Waals surface area (Å²) < 4.78 is 0. The van der Waals surface area contributed by atoms with Gasteiger partial charge in [0.05, 0.1) is 0 Å². The molecule has 3 aliphatic rings. The molecule has 0 spiro atoms. The summed E-state index contributed by atoms with van der Waals surface area (Å²) >= 11 is 0. The number of aromatic nitrogens is 2. The summed E-state index contributed by atoms with van der Waals surface area (Å²) in [6.45, 7) is 4.94. The van der Waals surface area contributed by atoms with E-state index in [-0.39, 0.29) is 11.9 Å². The number of amides is 3. The standard InChI is InChI=1S/C20H28N6O2/c1-14(18(27)23-13-17-12-15-3-4-16(17)11-15)24-20(28)26-9-7-25(8-10-26)19-21-5-2-6-22-19/h2-6,14-17H,7-13H2,1H3,(H,23,27)(H,24,28)/t14-,15?,16?,17?/m0/s1. The van der Waals surface area contributed by atoms with Crippen molar-refractivity contribution in [1.82, 2.24) is 25.5 Å². The molecular weight excluding hydrogens is 356 g/mol. The molecule has 2 aliphatic carbocycles. The van der Waals surface area contributed by atoms with Crippen molar-refractivity contribution in [1.29, 1.82) is 0 Å². The molecule has 1 aromatic rings. The average Bonchev–Trinajstić information content (AvgIpc) is 3.36. The first-order chi connectivity index (χ1) is 13.6. The molecular formula is C20H28N6O2. The summed E-state index contributed by atoms with van der Waals surface area (Å²) in [6, 6.07) is 1.05. The van der Waals surface area contributed by atoms with Crippen LogP contribution in [0.2, 0.25) is 0 Å². The second-order valence-electron chi connectivity index (χ2n) is 7.98. The third kappa shape index (κ3) is 4.10. The van der Waals surface area contributed by atoms with Crippen LogP contribution in [0.4, 0.5) is 10.7 Å². The third-order valence-corrected chi connectivity index (χ3v) is 6.09. The largest absolute Gasteiger partial charge is 0.354 e. The summed E-state index contributed by atoms with van der Waals surface area (Å²) in [6.07, 6.45) is 10.4. The highest BCUT2D eigenvalue weighted by Gasteiger charge is 2.35. The highest BCUT2D eigenvalue weighted by Crippen LogP contribution is 2.42. The Bertz CT molecular complexity index is 731. The number of fused-ring (bicyclic) bond motifs is 2. The first-order valence-corrected chi connectivity index (χ1v) is 10.1. The van der Waals surface area contributed by atoms with Crippen LogP contribution in [0.3, 0.4) is 0 Å². The zero-order valence-electron chi connectivity index (χ0n) is 16.3. The van der Waals surface area contributed by atoms with Gasteiger partial charge in [0.15, 0.2) is 0 Å². The van der Waals surface area contributed by atoms with Gasteiger partial charge in [-0.3, -0.25) is 4.79 Å². The molecule has 8 heteroatoms. The van der Waals surface area contributed by atoms with E-state index in [2.05, 4.69) is 37.7 Å². The Morgan fingerprint density at radius 3 is 2.54 bits per heavy atom. The van der Waals surface area contributed by atoms with Gasteiger partial charge in [0.2, 0.25) is 11.9 Å². The highest BCUT2D eigenvalue weighted by atomic mass is 16.2. The molecule has 2 N–H and O–H groups in total. The van der Waals surface area contributed by atoms with Gasteiger partial charge >= 0.3 is 6.03 Å². The molecule has 2 fully saturated rings. The first kappa shape index (κ1) is 18.7. The van der Waals surface area contributed by atoms with Gasteiger partial charge in [-0.25, -0.2) is 14.8 Å². The quantitative estimate of drug-likeness (QED) is 0.740. The van der Waals surface area contributed by atoms with Crippen LogP contribution in [0.5, 0.6) is 0 Å². The fourth-order valence-electron chi connectivity index (χ4n) is 4.42. The molecule has 2 heterocycles. The SMILES string of the molecule is C[C@H](NC(=O)N1CCN(c2ncccn2)CC1)C(=O)NCC1CC2C=CC1C2. The number of allylic oxidation sites excluding steroid dienone is 2. The van der Waals surface area contributed by atoms with Gasteiger partial charge in [-0.05, 0) is 43.6 Å². The molecule has 1 aromatic heterocycles. The van der Waals surface area contributed by atoms with Crippen LogP contribution in [0, 0.1) is 17.8 Å². The molecule has 2 bridgehead atoms. The minimum atomic E-state index is -0.544. The second kappa shape index (κ2) is 8.16. The van der Waals surface area contributed by atoms with Gasteiger partial charge in [-0.1, -0.05) is 12.2 Å². The predicted octanol–water partition coefficient (Wildman–Crippen LogP) is 1.03. The first-order valence-electron chi connectivity index (χ1n) is 10.1. The van der Waals surface area contributed by atoms with E-state index in [1.807, 2.05) is 0 Å². The minimum absolute atomic E-state index is 0.114. The average molecular weight is 384 g/mol. The van der Waals surface area contributed by atoms with Crippen LogP contribution >= 0.6 is 0 Å². The Labute approximate surface area is 165 Å². The van der Waals surface area contributed by atoms with E-state index in [1.165, 1.54) is 6.42 Å². The highest BCUT2D eigenvalue weighted by molar-refractivity contribution is 5.86. The Hall–Kier alpha value is -2.64. The number of anilines is 1. The number of nitrogens with one attached hydrogen (secondary N) is 2. The molecule has 28 heavy (non-hydrogen) atoms. The fourth-order valence-corrected chi connectivity index (χ4v) is 4.42. The van der Waals surface area contributed by atoms with Gasteiger partial charge in [0.1, 0.15) is 6.04 Å². The van der Waals surface area contributed by atoms with Crippen LogP contribution in [-0.2, 0) is 4.79 Å². The molecule has 3 amide bonds. The monoisotopic (exact) mass is 384 g/mol. The van der Waals surface area contributed by atoms with Crippen molar-refractivity contribution in [3.63, 3.8) is 0 Å². The molecule has 4 atom stereocenters. The molecule has 0 radical (unpaired) electrons. The molecule has 150 valence electrons. The number of hydrogen-bond donors (Lipinski definition) is 2. The summed E-state index contributed by atoms with van der Waals surface area (Å²) in [7, 11) is 0. The van der Waals surface area contributed by atoms with Crippen LogP contribution < -0.4 is 15.5 Å². The van der Waals surface area contributed by atoms with Crippen molar-refractivity contribution in [3.05, 3.63) is 30.6 Å². The maximum absolute atomic E-state index is 12.5. The van der Waals surface area contributed by atoms with Crippen molar-refractivity contribution < 1.29 is 9.59 Å². The number of urea groups is 1. The second-order valence-corrected chi connectivity index (χ2v) is 7.98. The minimum Gasteiger partial charge on any atom is -0.354 e. The van der Waals surface area contributed by atoms with Crippen molar-refractivity contribution in [3.8, 4) is 0 Å². The summed E-state index contributed by atoms with van der Waals surface area (Å²) in [5, 5.41) is 5.84. The van der Waals surface area contributed by atoms with Gasteiger partial charge < -0.3 is 20.4 Å². The van der Waals surface area contributed by atoms with E-state index >= 15 is 0 Å². The van der Waals surface area contributed by atoms with Crippen LogP contribution in [0.15, 0.2) is 30.6 Å². The number of hydrogen-bond acceptors (Lipinski definition) is 5. The maximum Gasteiger partial charge on any atom is 0.318 e. The number of nitrogens with zero attached hydrogens (tertiary/aromatic N) is 4. The van der Waals surface area contributed by atoms with Crippen molar-refractivity contribution in [2.45, 2.75) is 25.8 Å². The van der Waals surface area contributed by atoms with E-state index in [4.69, 9.17) is 0 Å². The normalized spacial score (nSPS) is 27.0. The molecule has 0 aromatic carbocycles. The van der Waals surface area contributed by atoms with Gasteiger partial charge in [0.25, 0.3) is 0 Å². The number of carbonyl (C=O) groups is 2. The molecule has 1 saturated carbocycles. The Morgan fingerprint density at radius 2 is 1.89 bits per heavy atom. The summed E-state index contributed by atoms with van der Waals surface area (Å²) in [5.74, 6) is 2.42. The lowest BCUT2D eigenvalue weighted by molar-refractivity contribution is -0.122. The fraction of sp³-hybridized carbons (Fsp3) is 0.600. The molecule has 3 unspecified atom stereocenters. The third-order valence-electron chi connectivity index (χ3n) is 6.09. The molecule has 1 aliphatic heterocycles.